The number of nitrogens with zero attached hydrogens (tertiary/aromatic N) is 1. The zero-order valence-corrected chi connectivity index (χ0v) is 14.3. The Hall–Kier alpha value is -1.98. The number of anilines is 1. The molecule has 1 aromatic carbocycles. The lowest BCUT2D eigenvalue weighted by molar-refractivity contribution is -0.121. The Morgan fingerprint density at radius 2 is 1.88 bits per heavy atom. The Morgan fingerprint density at radius 3 is 2.50 bits per heavy atom. The van der Waals surface area contributed by atoms with E-state index in [0.717, 1.165) is 0 Å². The third-order valence-electron chi connectivity index (χ3n) is 4.11. The Kier molecular flexibility index (Phi) is 5.11. The molecule has 126 valence electrons. The minimum absolute atomic E-state index is 0.0629. The van der Waals surface area contributed by atoms with Crippen LogP contribution >= 0.6 is 23.2 Å². The summed E-state index contributed by atoms with van der Waals surface area (Å²) >= 11 is 11.8. The molecule has 1 N–H and O–H groups in total. The number of furan rings is 1. The van der Waals surface area contributed by atoms with Crippen molar-refractivity contribution in [1.82, 2.24) is 4.90 Å². The highest BCUT2D eigenvalue weighted by Crippen LogP contribution is 2.26. The Bertz CT molecular complexity index is 738. The zero-order valence-electron chi connectivity index (χ0n) is 12.8. The van der Waals surface area contributed by atoms with Gasteiger partial charge in [-0.3, -0.25) is 9.59 Å². The number of likely N-dealkylation sites (tertiary alicyclic amines) is 1. The third kappa shape index (κ3) is 3.74. The first-order valence-electron chi connectivity index (χ1n) is 7.62. The Balaban J connectivity index is 1.55. The molecule has 0 radical (unpaired) electrons. The van der Waals surface area contributed by atoms with Crippen LogP contribution in [-0.4, -0.2) is 29.8 Å². The molecule has 1 saturated heterocycles. The van der Waals surface area contributed by atoms with Crippen LogP contribution in [0, 0.1) is 5.92 Å². The summed E-state index contributed by atoms with van der Waals surface area (Å²) in [5.74, 6) is -0.260. The fourth-order valence-corrected chi connectivity index (χ4v) is 3.03. The lowest BCUT2D eigenvalue weighted by Gasteiger charge is -2.31. The second kappa shape index (κ2) is 7.28. The summed E-state index contributed by atoms with van der Waals surface area (Å²) in [6, 6.07) is 6.63. The molecule has 1 aromatic heterocycles. The van der Waals surface area contributed by atoms with Crippen molar-refractivity contribution in [2.24, 2.45) is 5.92 Å². The predicted octanol–water partition coefficient (Wildman–Crippen LogP) is 4.08. The van der Waals surface area contributed by atoms with Crippen LogP contribution < -0.4 is 5.32 Å². The van der Waals surface area contributed by atoms with Crippen molar-refractivity contribution in [1.29, 1.82) is 0 Å². The molecule has 24 heavy (non-hydrogen) atoms. The standard InChI is InChI=1S/C17H16Cl2N2O3/c18-14-2-1-13(9-15(14)19)20-16(22)11-3-6-21(7-4-11)17(23)12-5-8-24-10-12/h1-2,5,8-11H,3-4,6-7H2,(H,20,22). The van der Waals surface area contributed by atoms with Gasteiger partial charge in [-0.1, -0.05) is 23.2 Å². The molecule has 5 nitrogen and oxygen atoms in total. The lowest BCUT2D eigenvalue weighted by Crippen LogP contribution is -2.41. The summed E-state index contributed by atoms with van der Waals surface area (Å²) in [5, 5.41) is 3.69. The van der Waals surface area contributed by atoms with E-state index < -0.39 is 0 Å². The number of rotatable bonds is 3. The summed E-state index contributed by atoms with van der Waals surface area (Å²) < 4.78 is 4.94. The van der Waals surface area contributed by atoms with Crippen LogP contribution in [0.15, 0.2) is 41.2 Å². The van der Waals surface area contributed by atoms with Gasteiger partial charge < -0.3 is 14.6 Å². The van der Waals surface area contributed by atoms with Crippen molar-refractivity contribution in [2.75, 3.05) is 18.4 Å². The number of piperidine rings is 1. The first kappa shape index (κ1) is 16.9. The molecule has 0 atom stereocenters. The van der Waals surface area contributed by atoms with Crippen LogP contribution in [0.1, 0.15) is 23.2 Å². The maximum Gasteiger partial charge on any atom is 0.257 e. The first-order valence-corrected chi connectivity index (χ1v) is 8.37. The molecule has 0 bridgehead atoms. The monoisotopic (exact) mass is 366 g/mol. The first-order chi connectivity index (χ1) is 11.5. The van der Waals surface area contributed by atoms with Crippen LogP contribution in [0.3, 0.4) is 0 Å². The molecule has 7 heteroatoms. The van der Waals surface area contributed by atoms with Gasteiger partial charge in [-0.25, -0.2) is 0 Å². The normalized spacial score (nSPS) is 15.3. The number of carbonyl (C=O) groups is 2. The number of hydrogen-bond donors (Lipinski definition) is 1. The summed E-state index contributed by atoms with van der Waals surface area (Å²) in [7, 11) is 0. The van der Waals surface area contributed by atoms with Gasteiger partial charge in [0.1, 0.15) is 6.26 Å². The molecule has 0 unspecified atom stereocenters. The third-order valence-corrected chi connectivity index (χ3v) is 4.85. The minimum atomic E-state index is -0.132. The van der Waals surface area contributed by atoms with Gasteiger partial charge in [0, 0.05) is 24.7 Å². The Labute approximate surface area is 149 Å². The predicted molar refractivity (Wildman–Crippen MR) is 92.4 cm³/mol. The van der Waals surface area contributed by atoms with Gasteiger partial charge in [0.15, 0.2) is 0 Å². The molecule has 2 heterocycles. The molecular formula is C17H16Cl2N2O3. The average Bonchev–Trinajstić information content (AvgIpc) is 3.12. The fraction of sp³-hybridized carbons (Fsp3) is 0.294. The second-order valence-corrected chi connectivity index (χ2v) is 6.51. The lowest BCUT2D eigenvalue weighted by atomic mass is 9.95. The van der Waals surface area contributed by atoms with Gasteiger partial charge in [0.05, 0.1) is 21.9 Å². The molecule has 3 rings (SSSR count). The van der Waals surface area contributed by atoms with E-state index in [2.05, 4.69) is 5.32 Å². The van der Waals surface area contributed by atoms with Crippen LogP contribution in [0.4, 0.5) is 5.69 Å². The molecule has 2 aromatic rings. The largest absolute Gasteiger partial charge is 0.472 e. The van der Waals surface area contributed by atoms with Gasteiger partial charge in [0.2, 0.25) is 5.91 Å². The van der Waals surface area contributed by atoms with E-state index in [-0.39, 0.29) is 17.7 Å². The number of halogens is 2. The molecular weight excluding hydrogens is 351 g/mol. The number of carbonyl (C=O) groups excluding carboxylic acids is 2. The van der Waals surface area contributed by atoms with Crippen molar-refractivity contribution >= 4 is 40.7 Å². The molecule has 1 fully saturated rings. The Morgan fingerprint density at radius 1 is 1.12 bits per heavy atom. The minimum Gasteiger partial charge on any atom is -0.472 e. The number of hydrogen-bond acceptors (Lipinski definition) is 3. The van der Waals surface area contributed by atoms with Crippen molar-refractivity contribution < 1.29 is 14.0 Å². The highest BCUT2D eigenvalue weighted by Gasteiger charge is 2.28. The highest BCUT2D eigenvalue weighted by molar-refractivity contribution is 6.42. The highest BCUT2D eigenvalue weighted by atomic mass is 35.5. The van der Waals surface area contributed by atoms with E-state index in [9.17, 15) is 9.59 Å². The molecule has 0 saturated carbocycles. The molecule has 0 aliphatic carbocycles. The van der Waals surface area contributed by atoms with Crippen molar-refractivity contribution in [2.45, 2.75) is 12.8 Å². The summed E-state index contributed by atoms with van der Waals surface area (Å²) in [6.07, 6.45) is 4.16. The van der Waals surface area contributed by atoms with E-state index in [1.807, 2.05) is 0 Å². The van der Waals surface area contributed by atoms with Crippen molar-refractivity contribution in [3.05, 3.63) is 52.4 Å². The molecule has 1 aliphatic heterocycles. The number of amides is 2. The smallest absolute Gasteiger partial charge is 0.257 e. The topological polar surface area (TPSA) is 62.6 Å². The quantitative estimate of drug-likeness (QED) is 0.889. The number of benzene rings is 1. The van der Waals surface area contributed by atoms with Crippen LogP contribution in [0.5, 0.6) is 0 Å². The molecule has 0 spiro atoms. The van der Waals surface area contributed by atoms with Gasteiger partial charge in [0.25, 0.3) is 5.91 Å². The van der Waals surface area contributed by atoms with Crippen LogP contribution in [0.2, 0.25) is 10.0 Å². The van der Waals surface area contributed by atoms with E-state index in [0.29, 0.717) is 47.2 Å². The molecule has 1 aliphatic rings. The summed E-state index contributed by atoms with van der Waals surface area (Å²) in [5.41, 5.74) is 1.15. The SMILES string of the molecule is O=C(Nc1ccc(Cl)c(Cl)c1)C1CCN(C(=O)c2ccoc2)CC1. The van der Waals surface area contributed by atoms with E-state index >= 15 is 0 Å². The van der Waals surface area contributed by atoms with Gasteiger partial charge in [-0.2, -0.15) is 0 Å². The summed E-state index contributed by atoms with van der Waals surface area (Å²) in [4.78, 5) is 26.3. The molecule has 2 amide bonds. The van der Waals surface area contributed by atoms with Gasteiger partial charge in [-0.15, -0.1) is 0 Å². The van der Waals surface area contributed by atoms with Gasteiger partial charge >= 0.3 is 0 Å². The van der Waals surface area contributed by atoms with E-state index in [4.69, 9.17) is 27.6 Å². The van der Waals surface area contributed by atoms with Crippen LogP contribution in [0.25, 0.3) is 0 Å². The zero-order chi connectivity index (χ0) is 17.1. The van der Waals surface area contributed by atoms with Crippen molar-refractivity contribution in [3.8, 4) is 0 Å². The maximum absolute atomic E-state index is 12.4. The van der Waals surface area contributed by atoms with E-state index in [1.54, 1.807) is 29.2 Å². The average molecular weight is 367 g/mol. The number of nitrogens with one attached hydrogen (secondary N) is 1. The summed E-state index contributed by atoms with van der Waals surface area (Å²) in [6.45, 7) is 1.09. The van der Waals surface area contributed by atoms with E-state index in [1.165, 1.54) is 12.5 Å². The second-order valence-electron chi connectivity index (χ2n) is 5.70. The maximum atomic E-state index is 12.4. The van der Waals surface area contributed by atoms with Gasteiger partial charge in [-0.05, 0) is 37.1 Å². The fourth-order valence-electron chi connectivity index (χ4n) is 2.73. The van der Waals surface area contributed by atoms with Crippen LogP contribution in [-0.2, 0) is 4.79 Å². The van der Waals surface area contributed by atoms with Crippen molar-refractivity contribution in [3.63, 3.8) is 0 Å².